The number of anilines is 1. The lowest BCUT2D eigenvalue weighted by Crippen LogP contribution is -2.54. The van der Waals surface area contributed by atoms with Crippen LogP contribution in [0.5, 0.6) is 0 Å². The summed E-state index contributed by atoms with van der Waals surface area (Å²) in [7, 11) is 0. The number of para-hydroxylation sites is 2. The van der Waals surface area contributed by atoms with Crippen molar-refractivity contribution < 1.29 is 18.0 Å². The van der Waals surface area contributed by atoms with E-state index < -0.39 is 11.2 Å². The van der Waals surface area contributed by atoms with Crippen LogP contribution in [-0.2, 0) is 17.5 Å². The maximum Gasteiger partial charge on any atom is 0.443 e. The zero-order chi connectivity index (χ0) is 25.7. The second-order valence-corrected chi connectivity index (χ2v) is 9.85. The van der Waals surface area contributed by atoms with Gasteiger partial charge in [-0.3, -0.25) is 4.79 Å². The third kappa shape index (κ3) is 4.28. The molecule has 1 saturated heterocycles. The Morgan fingerprint density at radius 1 is 1.11 bits per heavy atom. The number of aromatic amines is 1. The topological polar surface area (TPSA) is 95.8 Å². The fourth-order valence-corrected chi connectivity index (χ4v) is 5.60. The number of H-pyrrole nitrogens is 1. The van der Waals surface area contributed by atoms with Crippen LogP contribution >= 0.6 is 11.3 Å². The van der Waals surface area contributed by atoms with Gasteiger partial charge in [0.2, 0.25) is 10.9 Å². The van der Waals surface area contributed by atoms with E-state index in [-0.39, 0.29) is 30.0 Å². The Labute approximate surface area is 212 Å². The van der Waals surface area contributed by atoms with Crippen LogP contribution in [0.1, 0.15) is 11.9 Å². The summed E-state index contributed by atoms with van der Waals surface area (Å²) in [6.45, 7) is 3.06. The summed E-state index contributed by atoms with van der Waals surface area (Å²) in [6.07, 6.45) is -1.34. The number of hydrogen-bond donors (Lipinski definition) is 1. The van der Waals surface area contributed by atoms with E-state index in [0.29, 0.717) is 52.7 Å². The van der Waals surface area contributed by atoms with Crippen molar-refractivity contribution in [3.63, 3.8) is 0 Å². The summed E-state index contributed by atoms with van der Waals surface area (Å²) < 4.78 is 42.6. The lowest BCUT2D eigenvalue weighted by Gasteiger charge is -2.40. The van der Waals surface area contributed by atoms with Gasteiger partial charge in [0.25, 0.3) is 0 Å². The first kappa shape index (κ1) is 23.4. The molecule has 0 unspecified atom stereocenters. The molecule has 1 aliphatic rings. The Kier molecular flexibility index (Phi) is 5.59. The lowest BCUT2D eigenvalue weighted by atomic mass is 10.2. The van der Waals surface area contributed by atoms with Crippen molar-refractivity contribution in [1.82, 2.24) is 34.4 Å². The number of piperazine rings is 1. The highest BCUT2D eigenvalue weighted by atomic mass is 32.1. The number of nitrogens with one attached hydrogen (secondary N) is 1. The van der Waals surface area contributed by atoms with Gasteiger partial charge in [-0.2, -0.15) is 13.2 Å². The average molecular weight is 527 g/mol. The minimum atomic E-state index is -4.57. The molecular formula is C24H21F3N8OS. The Morgan fingerprint density at radius 2 is 1.92 bits per heavy atom. The SMILES string of the molecule is C[C@@H]1CN(c2sc(C(F)(F)F)nc2-c2nc3ccccc3[nH]2)CCN1C(=O)Cn1cnc2cccnc21. The third-order valence-corrected chi connectivity index (χ3v) is 7.54. The first-order valence-electron chi connectivity index (χ1n) is 11.6. The number of rotatable bonds is 4. The third-order valence-electron chi connectivity index (χ3n) is 6.38. The van der Waals surface area contributed by atoms with E-state index >= 15 is 0 Å². The van der Waals surface area contributed by atoms with Gasteiger partial charge in [0.1, 0.15) is 22.8 Å². The number of nitrogens with zero attached hydrogens (tertiary/aromatic N) is 7. The Hall–Kier alpha value is -4.00. The molecular weight excluding hydrogens is 505 g/mol. The fourth-order valence-electron chi connectivity index (χ4n) is 4.63. The van der Waals surface area contributed by atoms with Crippen LogP contribution in [0.25, 0.3) is 33.7 Å². The first-order chi connectivity index (χ1) is 17.8. The van der Waals surface area contributed by atoms with Crippen molar-refractivity contribution in [2.24, 2.45) is 0 Å². The number of benzene rings is 1. The van der Waals surface area contributed by atoms with Crippen LogP contribution in [0.15, 0.2) is 48.9 Å². The first-order valence-corrected chi connectivity index (χ1v) is 12.4. The minimum Gasteiger partial charge on any atom is -0.358 e. The number of fused-ring (bicyclic) bond motifs is 2. The van der Waals surface area contributed by atoms with Crippen LogP contribution in [0.2, 0.25) is 0 Å². The van der Waals surface area contributed by atoms with Gasteiger partial charge in [-0.05, 0) is 31.2 Å². The van der Waals surface area contributed by atoms with Crippen LogP contribution in [0.4, 0.5) is 18.2 Å². The molecule has 4 aromatic heterocycles. The summed E-state index contributed by atoms with van der Waals surface area (Å²) in [5.74, 6) is 0.184. The van der Waals surface area contributed by atoms with Gasteiger partial charge in [-0.25, -0.2) is 19.9 Å². The van der Waals surface area contributed by atoms with E-state index in [1.807, 2.05) is 36.1 Å². The molecule has 0 bridgehead atoms. The molecule has 5 heterocycles. The largest absolute Gasteiger partial charge is 0.443 e. The highest BCUT2D eigenvalue weighted by Gasteiger charge is 2.39. The second-order valence-electron chi connectivity index (χ2n) is 8.87. The number of amides is 1. The maximum atomic E-state index is 13.6. The van der Waals surface area contributed by atoms with Gasteiger partial charge < -0.3 is 19.4 Å². The fraction of sp³-hybridized carbons (Fsp3) is 0.292. The Morgan fingerprint density at radius 3 is 2.70 bits per heavy atom. The maximum absolute atomic E-state index is 13.6. The molecule has 1 atom stereocenters. The van der Waals surface area contributed by atoms with Gasteiger partial charge in [0.15, 0.2) is 11.5 Å². The van der Waals surface area contributed by atoms with Crippen molar-refractivity contribution in [2.75, 3.05) is 24.5 Å². The molecule has 0 radical (unpaired) electrons. The predicted molar refractivity (Wildman–Crippen MR) is 133 cm³/mol. The summed E-state index contributed by atoms with van der Waals surface area (Å²) >= 11 is 0.600. The number of alkyl halides is 3. The number of hydrogen-bond acceptors (Lipinski definition) is 7. The number of imidazole rings is 2. The predicted octanol–water partition coefficient (Wildman–Crippen LogP) is 4.19. The molecule has 0 saturated carbocycles. The van der Waals surface area contributed by atoms with E-state index in [4.69, 9.17) is 0 Å². The van der Waals surface area contributed by atoms with Gasteiger partial charge in [0.05, 0.1) is 17.4 Å². The molecule has 6 rings (SSSR count). The van der Waals surface area contributed by atoms with Gasteiger partial charge in [0, 0.05) is 31.9 Å². The highest BCUT2D eigenvalue weighted by Crippen LogP contribution is 2.42. The molecule has 1 N–H and O–H groups in total. The summed E-state index contributed by atoms with van der Waals surface area (Å²) in [4.78, 5) is 36.8. The molecule has 1 aliphatic heterocycles. The number of carbonyl (C=O) groups excluding carboxylic acids is 1. The van der Waals surface area contributed by atoms with Gasteiger partial charge in [-0.1, -0.05) is 23.5 Å². The number of thiazole rings is 1. The second kappa shape index (κ2) is 8.83. The van der Waals surface area contributed by atoms with Crippen molar-refractivity contribution in [1.29, 1.82) is 0 Å². The normalized spacial score (nSPS) is 16.7. The molecule has 0 aliphatic carbocycles. The number of halogens is 3. The standard InChI is InChI=1S/C24H21F3N8OS/c1-14-11-33(9-10-35(14)18(36)12-34-13-29-17-7-4-8-28-21(17)34)22-19(32-23(37-22)24(25,26)27)20-30-15-5-2-3-6-16(15)31-20/h2-8,13-14H,9-12H2,1H3,(H,30,31)/t14-/m1/s1. The molecule has 1 fully saturated rings. The molecule has 5 aromatic rings. The van der Waals surface area contributed by atoms with Crippen LogP contribution in [0, 0.1) is 0 Å². The lowest BCUT2D eigenvalue weighted by molar-refractivity contribution is -0.137. The van der Waals surface area contributed by atoms with E-state index in [1.165, 1.54) is 0 Å². The minimum absolute atomic E-state index is 0.0842. The van der Waals surface area contributed by atoms with Crippen molar-refractivity contribution in [2.45, 2.75) is 25.7 Å². The van der Waals surface area contributed by atoms with E-state index in [2.05, 4.69) is 24.9 Å². The van der Waals surface area contributed by atoms with Gasteiger partial charge >= 0.3 is 6.18 Å². The number of carbonyl (C=O) groups is 1. The molecule has 1 aromatic carbocycles. The Bertz CT molecular complexity index is 1570. The summed E-state index contributed by atoms with van der Waals surface area (Å²) in [5.41, 5.74) is 2.86. The molecule has 0 spiro atoms. The smallest absolute Gasteiger partial charge is 0.358 e. The van der Waals surface area contributed by atoms with E-state index in [0.717, 1.165) is 5.52 Å². The van der Waals surface area contributed by atoms with Crippen LogP contribution < -0.4 is 4.90 Å². The van der Waals surface area contributed by atoms with Crippen molar-refractivity contribution in [3.05, 3.63) is 53.9 Å². The van der Waals surface area contributed by atoms with Crippen molar-refractivity contribution >= 4 is 44.4 Å². The number of aromatic nitrogens is 6. The van der Waals surface area contributed by atoms with Crippen LogP contribution in [-0.4, -0.2) is 66.0 Å². The van der Waals surface area contributed by atoms with Crippen molar-refractivity contribution in [3.8, 4) is 11.5 Å². The molecule has 1 amide bonds. The highest BCUT2D eigenvalue weighted by molar-refractivity contribution is 7.16. The molecule has 9 nitrogen and oxygen atoms in total. The monoisotopic (exact) mass is 526 g/mol. The zero-order valence-corrected chi connectivity index (χ0v) is 20.4. The summed E-state index contributed by atoms with van der Waals surface area (Å²) in [6, 6.07) is 10.6. The molecule has 37 heavy (non-hydrogen) atoms. The average Bonchev–Trinajstić information content (AvgIpc) is 3.60. The van der Waals surface area contributed by atoms with Gasteiger partial charge in [-0.15, -0.1) is 0 Å². The van der Waals surface area contributed by atoms with E-state index in [1.54, 1.807) is 34.1 Å². The zero-order valence-electron chi connectivity index (χ0n) is 19.6. The quantitative estimate of drug-likeness (QED) is 0.377. The Balaban J connectivity index is 1.25. The van der Waals surface area contributed by atoms with E-state index in [9.17, 15) is 18.0 Å². The molecule has 13 heteroatoms. The number of pyridine rings is 1. The van der Waals surface area contributed by atoms with Crippen LogP contribution in [0.3, 0.4) is 0 Å². The summed E-state index contributed by atoms with van der Waals surface area (Å²) in [5, 5.41) is -0.543. The molecule has 190 valence electrons.